The van der Waals surface area contributed by atoms with E-state index in [4.69, 9.17) is 0 Å². The van der Waals surface area contributed by atoms with E-state index in [1.807, 2.05) is 0 Å². The standard InChI is InChI=1S/C8H10N6O/c15-5-8(1-2-8)10-6-3-9-4-7-11-12-13-14(6)7/h3-4,10,15H,1-2,5H2. The van der Waals surface area contributed by atoms with E-state index >= 15 is 0 Å². The minimum Gasteiger partial charge on any atom is -0.394 e. The van der Waals surface area contributed by atoms with E-state index in [9.17, 15) is 5.11 Å². The van der Waals surface area contributed by atoms with E-state index < -0.39 is 0 Å². The zero-order chi connectivity index (χ0) is 10.3. The maximum Gasteiger partial charge on any atom is 0.199 e. The van der Waals surface area contributed by atoms with Crippen molar-refractivity contribution in [2.75, 3.05) is 11.9 Å². The largest absolute Gasteiger partial charge is 0.394 e. The van der Waals surface area contributed by atoms with Gasteiger partial charge in [-0.25, -0.2) is 0 Å². The first kappa shape index (κ1) is 8.54. The molecular formula is C8H10N6O. The van der Waals surface area contributed by atoms with Crippen molar-refractivity contribution in [3.63, 3.8) is 0 Å². The maximum absolute atomic E-state index is 9.20. The lowest BCUT2D eigenvalue weighted by Gasteiger charge is -2.15. The van der Waals surface area contributed by atoms with Crippen LogP contribution in [0.25, 0.3) is 5.65 Å². The summed E-state index contributed by atoms with van der Waals surface area (Å²) in [6.45, 7) is 0.117. The monoisotopic (exact) mass is 206 g/mol. The molecule has 1 aliphatic carbocycles. The Labute approximate surface area is 85.1 Å². The van der Waals surface area contributed by atoms with Crippen molar-refractivity contribution in [3.8, 4) is 0 Å². The number of nitrogens with one attached hydrogen (secondary N) is 1. The summed E-state index contributed by atoms with van der Waals surface area (Å²) >= 11 is 0. The number of tetrazole rings is 1. The highest BCUT2D eigenvalue weighted by molar-refractivity contribution is 5.46. The second-order valence-corrected chi connectivity index (χ2v) is 3.80. The molecule has 0 bridgehead atoms. The van der Waals surface area contributed by atoms with Crippen LogP contribution in [0.1, 0.15) is 12.8 Å². The zero-order valence-electron chi connectivity index (χ0n) is 7.96. The van der Waals surface area contributed by atoms with Gasteiger partial charge < -0.3 is 10.4 Å². The highest BCUT2D eigenvalue weighted by Crippen LogP contribution is 2.37. The minimum atomic E-state index is -0.193. The molecule has 1 saturated carbocycles. The lowest BCUT2D eigenvalue weighted by atomic mass is 10.3. The van der Waals surface area contributed by atoms with Crippen molar-refractivity contribution in [1.82, 2.24) is 25.0 Å². The number of anilines is 1. The van der Waals surface area contributed by atoms with Gasteiger partial charge in [0.2, 0.25) is 0 Å². The van der Waals surface area contributed by atoms with Crippen LogP contribution >= 0.6 is 0 Å². The van der Waals surface area contributed by atoms with Gasteiger partial charge in [0.1, 0.15) is 0 Å². The number of aliphatic hydroxyl groups is 1. The number of fused-ring (bicyclic) bond motifs is 1. The Balaban J connectivity index is 2.00. The molecule has 78 valence electrons. The van der Waals surface area contributed by atoms with Crippen LogP contribution in [0.4, 0.5) is 5.82 Å². The summed E-state index contributed by atoms with van der Waals surface area (Å²) in [4.78, 5) is 4.02. The summed E-state index contributed by atoms with van der Waals surface area (Å²) in [6.07, 6.45) is 5.16. The number of aromatic nitrogens is 5. The quantitative estimate of drug-likeness (QED) is 0.701. The van der Waals surface area contributed by atoms with Crippen LogP contribution in [0.3, 0.4) is 0 Å². The van der Waals surface area contributed by atoms with E-state index in [2.05, 4.69) is 25.8 Å². The van der Waals surface area contributed by atoms with E-state index in [1.54, 1.807) is 16.9 Å². The van der Waals surface area contributed by atoms with Crippen molar-refractivity contribution in [2.45, 2.75) is 18.4 Å². The summed E-state index contributed by atoms with van der Waals surface area (Å²) in [5.74, 6) is 0.712. The molecule has 7 nitrogen and oxygen atoms in total. The SMILES string of the molecule is OCC1(Nc2cncc3nnnn23)CC1. The van der Waals surface area contributed by atoms with Gasteiger partial charge in [0.25, 0.3) is 0 Å². The third-order valence-electron chi connectivity index (χ3n) is 2.66. The zero-order valence-corrected chi connectivity index (χ0v) is 7.96. The molecule has 3 rings (SSSR count). The van der Waals surface area contributed by atoms with Gasteiger partial charge in [-0.2, -0.15) is 4.52 Å². The number of nitrogens with zero attached hydrogens (tertiary/aromatic N) is 5. The van der Waals surface area contributed by atoms with Crippen LogP contribution in [-0.2, 0) is 0 Å². The summed E-state index contributed by atoms with van der Waals surface area (Å²) in [7, 11) is 0. The van der Waals surface area contributed by atoms with Gasteiger partial charge in [-0.05, 0) is 23.3 Å². The Morgan fingerprint density at radius 3 is 3.07 bits per heavy atom. The summed E-state index contributed by atoms with van der Waals surface area (Å²) in [6, 6.07) is 0. The predicted octanol–water partition coefficient (Wildman–Crippen LogP) is -0.544. The van der Waals surface area contributed by atoms with Crippen LogP contribution in [-0.4, -0.2) is 42.3 Å². The van der Waals surface area contributed by atoms with Crippen molar-refractivity contribution < 1.29 is 5.11 Å². The molecule has 2 heterocycles. The molecule has 0 atom stereocenters. The van der Waals surface area contributed by atoms with E-state index in [0.717, 1.165) is 12.8 Å². The van der Waals surface area contributed by atoms with Gasteiger partial charge in [0, 0.05) is 0 Å². The molecule has 0 amide bonds. The molecule has 0 radical (unpaired) electrons. The molecule has 0 aromatic carbocycles. The van der Waals surface area contributed by atoms with E-state index in [1.165, 1.54) is 0 Å². The second kappa shape index (κ2) is 2.86. The second-order valence-electron chi connectivity index (χ2n) is 3.80. The normalized spacial score (nSPS) is 17.9. The lowest BCUT2D eigenvalue weighted by molar-refractivity contribution is 0.265. The molecule has 0 unspecified atom stereocenters. The average Bonchev–Trinajstić information content (AvgIpc) is 2.87. The highest BCUT2D eigenvalue weighted by atomic mass is 16.3. The van der Waals surface area contributed by atoms with Crippen molar-refractivity contribution in [1.29, 1.82) is 0 Å². The average molecular weight is 206 g/mol. The van der Waals surface area contributed by atoms with Crippen LogP contribution in [0.15, 0.2) is 12.4 Å². The molecule has 0 aliphatic heterocycles. The van der Waals surface area contributed by atoms with Gasteiger partial charge in [-0.1, -0.05) is 0 Å². The van der Waals surface area contributed by atoms with Crippen LogP contribution in [0.5, 0.6) is 0 Å². The Bertz CT molecular complexity index is 491. The number of aliphatic hydroxyl groups excluding tert-OH is 1. The molecule has 1 fully saturated rings. The smallest absolute Gasteiger partial charge is 0.199 e. The molecule has 1 aliphatic rings. The third-order valence-corrected chi connectivity index (χ3v) is 2.66. The van der Waals surface area contributed by atoms with Gasteiger partial charge in [-0.3, -0.25) is 4.98 Å². The van der Waals surface area contributed by atoms with Crippen molar-refractivity contribution in [2.24, 2.45) is 0 Å². The first-order valence-corrected chi connectivity index (χ1v) is 4.74. The number of hydrogen-bond donors (Lipinski definition) is 2. The van der Waals surface area contributed by atoms with Crippen molar-refractivity contribution >= 4 is 11.5 Å². The van der Waals surface area contributed by atoms with Crippen LogP contribution in [0.2, 0.25) is 0 Å². The molecule has 2 aromatic heterocycles. The fourth-order valence-electron chi connectivity index (χ4n) is 1.51. The van der Waals surface area contributed by atoms with Gasteiger partial charge in [-0.15, -0.1) is 5.10 Å². The highest BCUT2D eigenvalue weighted by Gasteiger charge is 2.42. The van der Waals surface area contributed by atoms with Crippen molar-refractivity contribution in [3.05, 3.63) is 12.4 Å². The molecule has 2 N–H and O–H groups in total. The number of rotatable bonds is 3. The summed E-state index contributed by atoms with van der Waals surface area (Å²) < 4.78 is 1.57. The van der Waals surface area contributed by atoms with E-state index in [-0.39, 0.29) is 12.1 Å². The maximum atomic E-state index is 9.20. The Morgan fingerprint density at radius 1 is 1.47 bits per heavy atom. The van der Waals surface area contributed by atoms with E-state index in [0.29, 0.717) is 11.5 Å². The Hall–Kier alpha value is -1.76. The first-order valence-electron chi connectivity index (χ1n) is 4.74. The first-order chi connectivity index (χ1) is 7.33. The molecule has 2 aromatic rings. The fraction of sp³-hybridized carbons (Fsp3) is 0.500. The summed E-state index contributed by atoms with van der Waals surface area (Å²) in [5.41, 5.74) is 0.399. The van der Waals surface area contributed by atoms with Gasteiger partial charge in [0.05, 0.1) is 24.5 Å². The lowest BCUT2D eigenvalue weighted by Crippen LogP contribution is -2.27. The Morgan fingerprint density at radius 2 is 2.33 bits per heavy atom. The molecule has 0 spiro atoms. The van der Waals surface area contributed by atoms with Gasteiger partial charge in [0.15, 0.2) is 11.5 Å². The third kappa shape index (κ3) is 1.32. The molecule has 0 saturated heterocycles. The molecular weight excluding hydrogens is 196 g/mol. The topological polar surface area (TPSA) is 88.2 Å². The predicted molar refractivity (Wildman–Crippen MR) is 51.3 cm³/mol. The molecule has 7 heteroatoms. The minimum absolute atomic E-state index is 0.117. The summed E-state index contributed by atoms with van der Waals surface area (Å²) in [5, 5.41) is 23.6. The number of hydrogen-bond acceptors (Lipinski definition) is 6. The fourth-order valence-corrected chi connectivity index (χ4v) is 1.51. The molecule has 15 heavy (non-hydrogen) atoms. The Kier molecular flexibility index (Phi) is 1.63. The van der Waals surface area contributed by atoms with Gasteiger partial charge >= 0.3 is 0 Å². The van der Waals surface area contributed by atoms with Crippen LogP contribution < -0.4 is 5.32 Å². The van der Waals surface area contributed by atoms with Crippen LogP contribution in [0, 0.1) is 0 Å².